The van der Waals surface area contributed by atoms with Gasteiger partial charge in [-0.25, -0.2) is 0 Å². The van der Waals surface area contributed by atoms with Crippen LogP contribution in [0.2, 0.25) is 0 Å². The summed E-state index contributed by atoms with van der Waals surface area (Å²) in [4.78, 5) is 22.9. The highest BCUT2D eigenvalue weighted by Crippen LogP contribution is 2.13. The summed E-state index contributed by atoms with van der Waals surface area (Å²) in [6.45, 7) is 7.74. The molecule has 0 aromatic carbocycles. The maximum Gasteiger partial charge on any atom is 0.309 e. The van der Waals surface area contributed by atoms with Gasteiger partial charge in [0, 0.05) is 0 Å². The predicted octanol–water partition coefficient (Wildman–Crippen LogP) is 2.31. The summed E-state index contributed by atoms with van der Waals surface area (Å²) in [7, 11) is 0. The van der Waals surface area contributed by atoms with Gasteiger partial charge < -0.3 is 9.47 Å². The number of hydrogen-bond acceptors (Lipinski definition) is 4. The molecule has 0 spiro atoms. The maximum absolute atomic E-state index is 11.7. The lowest BCUT2D eigenvalue weighted by Gasteiger charge is -2.16. The Labute approximate surface area is 97.3 Å². The van der Waals surface area contributed by atoms with E-state index in [9.17, 15) is 9.59 Å². The Morgan fingerprint density at radius 1 is 1.12 bits per heavy atom. The highest BCUT2D eigenvalue weighted by atomic mass is 16.5. The van der Waals surface area contributed by atoms with E-state index in [1.165, 1.54) is 0 Å². The van der Waals surface area contributed by atoms with E-state index in [1.807, 2.05) is 20.8 Å². The van der Waals surface area contributed by atoms with Gasteiger partial charge in [-0.3, -0.25) is 9.59 Å². The molecule has 0 fully saturated rings. The Morgan fingerprint density at radius 3 is 2.19 bits per heavy atom. The van der Waals surface area contributed by atoms with Crippen molar-refractivity contribution in [3.8, 4) is 0 Å². The van der Waals surface area contributed by atoms with Crippen molar-refractivity contribution in [2.75, 3.05) is 6.61 Å². The molecule has 16 heavy (non-hydrogen) atoms. The molecule has 0 radical (unpaired) electrons. The van der Waals surface area contributed by atoms with Crippen LogP contribution in [0, 0.1) is 5.92 Å². The zero-order chi connectivity index (χ0) is 12.6. The summed E-state index contributed by atoms with van der Waals surface area (Å²) in [6, 6.07) is 0. The molecule has 4 heteroatoms. The van der Waals surface area contributed by atoms with Gasteiger partial charge in [-0.05, 0) is 26.7 Å². The van der Waals surface area contributed by atoms with Crippen LogP contribution in [0.25, 0.3) is 0 Å². The smallest absolute Gasteiger partial charge is 0.309 e. The van der Waals surface area contributed by atoms with Gasteiger partial charge in [0.25, 0.3) is 0 Å². The first kappa shape index (κ1) is 14.9. The molecule has 0 aromatic rings. The second-order valence-corrected chi connectivity index (χ2v) is 3.77. The Hall–Kier alpha value is -1.06. The summed E-state index contributed by atoms with van der Waals surface area (Å²) in [6.07, 6.45) is 1.39. The monoisotopic (exact) mass is 230 g/mol. The highest BCUT2D eigenvalue weighted by molar-refractivity contribution is 5.80. The number of rotatable bonds is 7. The van der Waals surface area contributed by atoms with Crippen molar-refractivity contribution in [3.63, 3.8) is 0 Å². The minimum atomic E-state index is -0.381. The summed E-state index contributed by atoms with van der Waals surface area (Å²) in [5.41, 5.74) is 0. The van der Waals surface area contributed by atoms with Crippen LogP contribution < -0.4 is 0 Å². The Bertz CT molecular complexity index is 225. The Kier molecular flexibility index (Phi) is 7.60. The van der Waals surface area contributed by atoms with E-state index in [2.05, 4.69) is 0 Å². The molecular formula is C12H22O4. The van der Waals surface area contributed by atoms with Crippen molar-refractivity contribution >= 4 is 11.9 Å². The summed E-state index contributed by atoms with van der Waals surface area (Å²) in [5, 5.41) is 0. The number of ether oxygens (including phenoxy) is 2. The number of esters is 2. The lowest BCUT2D eigenvalue weighted by Crippen LogP contribution is -2.24. The van der Waals surface area contributed by atoms with Gasteiger partial charge in [0.05, 0.1) is 25.0 Å². The van der Waals surface area contributed by atoms with Gasteiger partial charge in [-0.2, -0.15) is 0 Å². The van der Waals surface area contributed by atoms with Gasteiger partial charge in [0.2, 0.25) is 0 Å². The van der Waals surface area contributed by atoms with E-state index in [0.29, 0.717) is 13.0 Å². The van der Waals surface area contributed by atoms with E-state index in [4.69, 9.17) is 9.47 Å². The minimum absolute atomic E-state index is 0.0938. The molecule has 0 heterocycles. The molecule has 0 aliphatic rings. The van der Waals surface area contributed by atoms with Crippen LogP contribution in [0.5, 0.6) is 0 Å². The third kappa shape index (κ3) is 5.73. The second kappa shape index (κ2) is 8.13. The van der Waals surface area contributed by atoms with Crippen molar-refractivity contribution in [2.45, 2.75) is 53.1 Å². The highest BCUT2D eigenvalue weighted by Gasteiger charge is 2.23. The van der Waals surface area contributed by atoms with Gasteiger partial charge in [0.15, 0.2) is 0 Å². The van der Waals surface area contributed by atoms with Gasteiger partial charge in [-0.1, -0.05) is 13.8 Å². The van der Waals surface area contributed by atoms with E-state index < -0.39 is 0 Å². The fourth-order valence-corrected chi connectivity index (χ4v) is 1.19. The van der Waals surface area contributed by atoms with Crippen molar-refractivity contribution in [1.29, 1.82) is 0 Å². The van der Waals surface area contributed by atoms with Crippen molar-refractivity contribution < 1.29 is 19.1 Å². The maximum atomic E-state index is 11.7. The quantitative estimate of drug-likeness (QED) is 0.630. The number of hydrogen-bond donors (Lipinski definition) is 0. The third-order valence-electron chi connectivity index (χ3n) is 2.44. The number of carbonyl (C=O) groups excluding carboxylic acids is 2. The van der Waals surface area contributed by atoms with Crippen LogP contribution in [0.3, 0.4) is 0 Å². The first-order chi connectivity index (χ1) is 7.54. The fraction of sp³-hybridized carbons (Fsp3) is 0.833. The van der Waals surface area contributed by atoms with E-state index in [1.54, 1.807) is 6.92 Å². The summed E-state index contributed by atoms with van der Waals surface area (Å²) in [5.74, 6) is -1.02. The molecule has 0 saturated carbocycles. The molecule has 0 bridgehead atoms. The van der Waals surface area contributed by atoms with Gasteiger partial charge in [-0.15, -0.1) is 0 Å². The predicted molar refractivity (Wildman–Crippen MR) is 60.9 cm³/mol. The minimum Gasteiger partial charge on any atom is -0.466 e. The molecule has 2 unspecified atom stereocenters. The lowest BCUT2D eigenvalue weighted by atomic mass is 10.0. The zero-order valence-electron chi connectivity index (χ0n) is 10.6. The molecule has 0 aromatic heterocycles. The van der Waals surface area contributed by atoms with Crippen LogP contribution in [0.15, 0.2) is 0 Å². The average Bonchev–Trinajstić information content (AvgIpc) is 2.25. The van der Waals surface area contributed by atoms with Crippen LogP contribution in [-0.2, 0) is 19.1 Å². The van der Waals surface area contributed by atoms with Crippen molar-refractivity contribution in [3.05, 3.63) is 0 Å². The first-order valence-electron chi connectivity index (χ1n) is 5.91. The second-order valence-electron chi connectivity index (χ2n) is 3.77. The standard InChI is InChI=1S/C12H22O4/c1-5-9(4)16-12(14)10(6-2)8-11(13)15-7-3/h9-10H,5-8H2,1-4H3. The molecule has 0 rings (SSSR count). The fourth-order valence-electron chi connectivity index (χ4n) is 1.19. The summed E-state index contributed by atoms with van der Waals surface area (Å²) >= 11 is 0. The van der Waals surface area contributed by atoms with Crippen LogP contribution in [0.1, 0.15) is 47.0 Å². The largest absolute Gasteiger partial charge is 0.466 e. The molecule has 0 saturated heterocycles. The first-order valence-corrected chi connectivity index (χ1v) is 5.91. The molecule has 0 aliphatic carbocycles. The zero-order valence-corrected chi connectivity index (χ0v) is 10.6. The SMILES string of the molecule is CCOC(=O)CC(CC)C(=O)OC(C)CC. The van der Waals surface area contributed by atoms with E-state index in [-0.39, 0.29) is 30.4 Å². The normalized spacial score (nSPS) is 14.0. The van der Waals surface area contributed by atoms with E-state index >= 15 is 0 Å². The molecule has 94 valence electrons. The van der Waals surface area contributed by atoms with Crippen LogP contribution in [0.4, 0.5) is 0 Å². The molecule has 0 aliphatic heterocycles. The van der Waals surface area contributed by atoms with E-state index in [0.717, 1.165) is 6.42 Å². The Morgan fingerprint density at radius 2 is 1.75 bits per heavy atom. The molecule has 2 atom stereocenters. The number of carbonyl (C=O) groups is 2. The van der Waals surface area contributed by atoms with Crippen molar-refractivity contribution in [2.24, 2.45) is 5.92 Å². The molecule has 0 amide bonds. The van der Waals surface area contributed by atoms with Gasteiger partial charge >= 0.3 is 11.9 Å². The van der Waals surface area contributed by atoms with Gasteiger partial charge in [0.1, 0.15) is 0 Å². The topological polar surface area (TPSA) is 52.6 Å². The molecule has 4 nitrogen and oxygen atoms in total. The Balaban J connectivity index is 4.16. The molecule has 0 N–H and O–H groups in total. The van der Waals surface area contributed by atoms with Crippen LogP contribution >= 0.6 is 0 Å². The lowest BCUT2D eigenvalue weighted by molar-refractivity contribution is -0.158. The van der Waals surface area contributed by atoms with Crippen LogP contribution in [-0.4, -0.2) is 24.6 Å². The third-order valence-corrected chi connectivity index (χ3v) is 2.44. The van der Waals surface area contributed by atoms with Crippen molar-refractivity contribution in [1.82, 2.24) is 0 Å². The summed E-state index contributed by atoms with van der Waals surface area (Å²) < 4.78 is 9.99. The average molecular weight is 230 g/mol. The molecular weight excluding hydrogens is 208 g/mol.